The van der Waals surface area contributed by atoms with Crippen LogP contribution in [0.2, 0.25) is 0 Å². The lowest BCUT2D eigenvalue weighted by Crippen LogP contribution is -2.46. The maximum atomic E-state index is 13.1. The van der Waals surface area contributed by atoms with Gasteiger partial charge in [-0.2, -0.15) is 11.8 Å². The van der Waals surface area contributed by atoms with Gasteiger partial charge in [0.1, 0.15) is 17.6 Å². The second-order valence-electron chi connectivity index (χ2n) is 12.8. The highest BCUT2D eigenvalue weighted by molar-refractivity contribution is 7.99. The van der Waals surface area contributed by atoms with Crippen molar-refractivity contribution in [1.82, 2.24) is 5.32 Å². The standard InChI is InChI=1S/C31H51NO4S/c1-10-36-29(35)26(32-22(4)15-27(33)24-11-13-30(6,7)17-20(24)2)19-37-23(5)16-28(34)25-12-14-31(8,9)18-21(25)3/h17-18,22-26,32H,10-16,19H2,1-9H3. The van der Waals surface area contributed by atoms with Crippen LogP contribution in [-0.2, 0) is 19.1 Å². The molecule has 2 rings (SSSR count). The molecule has 0 amide bonds. The molecule has 0 aromatic rings. The van der Waals surface area contributed by atoms with Gasteiger partial charge in [0.15, 0.2) is 0 Å². The van der Waals surface area contributed by atoms with Crippen LogP contribution in [0.4, 0.5) is 0 Å². The minimum atomic E-state index is -0.510. The number of nitrogens with one attached hydrogen (secondary N) is 1. The van der Waals surface area contributed by atoms with Crippen LogP contribution >= 0.6 is 11.8 Å². The maximum absolute atomic E-state index is 13.1. The molecule has 0 saturated carbocycles. The van der Waals surface area contributed by atoms with Crippen molar-refractivity contribution in [1.29, 1.82) is 0 Å². The van der Waals surface area contributed by atoms with Crippen molar-refractivity contribution in [3.63, 3.8) is 0 Å². The van der Waals surface area contributed by atoms with Gasteiger partial charge in [-0.3, -0.25) is 14.4 Å². The third-order valence-corrected chi connectivity index (χ3v) is 9.13. The largest absolute Gasteiger partial charge is 0.465 e. The Hall–Kier alpha value is -1.40. The SMILES string of the molecule is CCOC(=O)C(CSC(C)CC(=O)C1CCC(C)(C)C=C1C)NC(C)CC(=O)C1CCC(C)(C)C=C1C. The third-order valence-electron chi connectivity index (χ3n) is 7.87. The molecule has 0 spiro atoms. The smallest absolute Gasteiger partial charge is 0.323 e. The van der Waals surface area contributed by atoms with Gasteiger partial charge in [0.2, 0.25) is 0 Å². The molecule has 5 atom stereocenters. The summed E-state index contributed by atoms with van der Waals surface area (Å²) in [5, 5.41) is 3.46. The second-order valence-corrected chi connectivity index (χ2v) is 14.3. The minimum absolute atomic E-state index is 0.0176. The van der Waals surface area contributed by atoms with Crippen LogP contribution in [0.15, 0.2) is 23.3 Å². The lowest BCUT2D eigenvalue weighted by molar-refractivity contribution is -0.145. The van der Waals surface area contributed by atoms with Gasteiger partial charge < -0.3 is 10.1 Å². The predicted molar refractivity (Wildman–Crippen MR) is 155 cm³/mol. The van der Waals surface area contributed by atoms with E-state index >= 15 is 0 Å². The fraction of sp³-hybridized carbons (Fsp3) is 0.774. The van der Waals surface area contributed by atoms with E-state index in [2.05, 4.69) is 65.9 Å². The van der Waals surface area contributed by atoms with E-state index in [-0.39, 0.29) is 45.7 Å². The van der Waals surface area contributed by atoms with E-state index in [0.29, 0.717) is 31.0 Å². The van der Waals surface area contributed by atoms with Gasteiger partial charge in [0.05, 0.1) is 6.61 Å². The molecule has 0 bridgehead atoms. The first-order chi connectivity index (χ1) is 17.1. The number of Topliss-reactive ketones (excluding diaryl/α,β-unsaturated/α-hetero) is 2. The number of thioether (sulfide) groups is 1. The van der Waals surface area contributed by atoms with E-state index in [1.54, 1.807) is 18.7 Å². The molecule has 2 aliphatic rings. The first kappa shape index (κ1) is 31.8. The van der Waals surface area contributed by atoms with Gasteiger partial charge in [-0.15, -0.1) is 0 Å². The van der Waals surface area contributed by atoms with Crippen molar-refractivity contribution >= 4 is 29.3 Å². The summed E-state index contributed by atoms with van der Waals surface area (Å²) in [5.74, 6) is 0.733. The molecule has 5 nitrogen and oxygen atoms in total. The van der Waals surface area contributed by atoms with E-state index in [4.69, 9.17) is 4.74 Å². The lowest BCUT2D eigenvalue weighted by atomic mass is 9.73. The molecule has 6 heteroatoms. The zero-order chi connectivity index (χ0) is 28.0. The fourth-order valence-corrected chi connectivity index (χ4v) is 6.95. The summed E-state index contributed by atoms with van der Waals surface area (Å²) in [5.41, 5.74) is 2.67. The van der Waals surface area contributed by atoms with Crippen LogP contribution in [0.3, 0.4) is 0 Å². The Kier molecular flexibility index (Phi) is 11.7. The van der Waals surface area contributed by atoms with E-state index in [0.717, 1.165) is 31.3 Å². The molecule has 0 radical (unpaired) electrons. The van der Waals surface area contributed by atoms with Gasteiger partial charge in [0.25, 0.3) is 0 Å². The van der Waals surface area contributed by atoms with Crippen molar-refractivity contribution in [3.05, 3.63) is 23.3 Å². The topological polar surface area (TPSA) is 72.5 Å². The predicted octanol–water partition coefficient (Wildman–Crippen LogP) is 6.70. The summed E-state index contributed by atoms with van der Waals surface area (Å²) < 4.78 is 5.33. The minimum Gasteiger partial charge on any atom is -0.465 e. The van der Waals surface area contributed by atoms with E-state index in [1.165, 1.54) is 5.57 Å². The molecule has 0 aromatic heterocycles. The monoisotopic (exact) mass is 533 g/mol. The van der Waals surface area contributed by atoms with E-state index in [1.807, 2.05) is 6.92 Å². The van der Waals surface area contributed by atoms with Crippen molar-refractivity contribution in [2.24, 2.45) is 22.7 Å². The Morgan fingerprint density at radius 3 is 1.89 bits per heavy atom. The molecule has 37 heavy (non-hydrogen) atoms. The van der Waals surface area contributed by atoms with Crippen LogP contribution in [0.1, 0.15) is 101 Å². The van der Waals surface area contributed by atoms with Crippen LogP contribution in [0, 0.1) is 22.7 Å². The normalized spacial score (nSPS) is 25.3. The molecule has 1 N–H and O–H groups in total. The van der Waals surface area contributed by atoms with Crippen LogP contribution in [-0.4, -0.2) is 47.2 Å². The number of hydrogen-bond donors (Lipinski definition) is 1. The molecule has 0 saturated heterocycles. The molecule has 0 heterocycles. The van der Waals surface area contributed by atoms with Crippen molar-refractivity contribution < 1.29 is 19.1 Å². The van der Waals surface area contributed by atoms with Gasteiger partial charge >= 0.3 is 5.97 Å². The Balaban J connectivity index is 1.92. The van der Waals surface area contributed by atoms with E-state index < -0.39 is 6.04 Å². The summed E-state index contributed by atoms with van der Waals surface area (Å²) >= 11 is 1.62. The highest BCUT2D eigenvalue weighted by atomic mass is 32.2. The number of allylic oxidation sites excluding steroid dienone is 4. The number of carbonyl (C=O) groups excluding carboxylic acids is 3. The third kappa shape index (κ3) is 10.0. The molecule has 0 aliphatic heterocycles. The molecule has 2 aliphatic carbocycles. The Morgan fingerprint density at radius 2 is 1.43 bits per heavy atom. The summed E-state index contributed by atoms with van der Waals surface area (Å²) in [7, 11) is 0. The van der Waals surface area contributed by atoms with Gasteiger partial charge in [0, 0.05) is 41.7 Å². The highest BCUT2D eigenvalue weighted by Gasteiger charge is 2.32. The summed E-state index contributed by atoms with van der Waals surface area (Å²) in [6.07, 6.45) is 9.21. The Morgan fingerprint density at radius 1 is 0.946 bits per heavy atom. The Bertz CT molecular complexity index is 888. The quantitative estimate of drug-likeness (QED) is 0.210. The molecule has 5 unspecified atom stereocenters. The zero-order valence-electron chi connectivity index (χ0n) is 24.7. The van der Waals surface area contributed by atoms with Crippen LogP contribution in [0.5, 0.6) is 0 Å². The number of ether oxygens (including phenoxy) is 1. The number of ketones is 2. The lowest BCUT2D eigenvalue weighted by Gasteiger charge is -2.32. The summed E-state index contributed by atoms with van der Waals surface area (Å²) in [6.45, 7) is 19.2. The second kappa shape index (κ2) is 13.6. The zero-order valence-corrected chi connectivity index (χ0v) is 25.6. The average Bonchev–Trinajstić information content (AvgIpc) is 2.75. The average molecular weight is 534 g/mol. The number of esters is 1. The van der Waals surface area contributed by atoms with Gasteiger partial charge in [-0.25, -0.2) is 0 Å². The Labute approximate surface area is 230 Å². The van der Waals surface area contributed by atoms with Crippen molar-refractivity contribution in [2.75, 3.05) is 12.4 Å². The van der Waals surface area contributed by atoms with Gasteiger partial charge in [-0.1, -0.05) is 57.9 Å². The number of hydrogen-bond acceptors (Lipinski definition) is 6. The highest BCUT2D eigenvalue weighted by Crippen LogP contribution is 2.38. The molecular weight excluding hydrogens is 482 g/mol. The first-order valence-corrected chi connectivity index (χ1v) is 15.2. The number of carbonyl (C=O) groups is 3. The maximum Gasteiger partial charge on any atom is 0.323 e. The molecular formula is C31H51NO4S. The molecule has 0 fully saturated rings. The molecule has 210 valence electrons. The summed E-state index contributed by atoms with van der Waals surface area (Å²) in [4.78, 5) is 38.8. The van der Waals surface area contributed by atoms with Crippen LogP contribution in [0.25, 0.3) is 0 Å². The van der Waals surface area contributed by atoms with E-state index in [9.17, 15) is 14.4 Å². The van der Waals surface area contributed by atoms with Crippen LogP contribution < -0.4 is 5.32 Å². The van der Waals surface area contributed by atoms with Crippen molar-refractivity contribution in [3.8, 4) is 0 Å². The first-order valence-electron chi connectivity index (χ1n) is 14.1. The summed E-state index contributed by atoms with van der Waals surface area (Å²) in [6, 6.07) is -0.648. The fourth-order valence-electron chi connectivity index (χ4n) is 5.91. The van der Waals surface area contributed by atoms with Crippen molar-refractivity contribution in [2.45, 2.75) is 118 Å². The van der Waals surface area contributed by atoms with Gasteiger partial charge in [-0.05, 0) is 64.2 Å². The number of rotatable bonds is 13. The molecule has 0 aromatic carbocycles.